The summed E-state index contributed by atoms with van der Waals surface area (Å²) in [5, 5.41) is 4.77. The van der Waals surface area contributed by atoms with Gasteiger partial charge in [0.2, 0.25) is 0 Å². The van der Waals surface area contributed by atoms with Gasteiger partial charge in [0.25, 0.3) is 0 Å². The maximum Gasteiger partial charge on any atom is 0.139 e. The molecule has 0 fully saturated rings. The molecule has 0 spiro atoms. The number of halogens is 2. The summed E-state index contributed by atoms with van der Waals surface area (Å²) in [6, 6.07) is 3.97. The largest absolute Gasteiger partial charge is 0.492 e. The van der Waals surface area contributed by atoms with Gasteiger partial charge in [-0.3, -0.25) is 0 Å². The lowest BCUT2D eigenvalue weighted by atomic mass is 10.0. The number of hydrogen-bond donors (Lipinski definition) is 1. The van der Waals surface area contributed by atoms with Crippen LogP contribution in [0.15, 0.2) is 12.1 Å². The minimum Gasteiger partial charge on any atom is -0.492 e. The number of rotatable bonds is 7. The number of benzene rings is 1. The highest BCUT2D eigenvalue weighted by Crippen LogP contribution is 2.35. The first-order valence-corrected chi connectivity index (χ1v) is 7.24. The monoisotopic (exact) mass is 289 g/mol. The zero-order valence-electron chi connectivity index (χ0n) is 11.2. The van der Waals surface area contributed by atoms with Crippen molar-refractivity contribution in [3.63, 3.8) is 0 Å². The molecular formula is C14H21Cl2NO. The predicted octanol–water partition coefficient (Wildman–Crippen LogP) is 4.84. The van der Waals surface area contributed by atoms with E-state index >= 15 is 0 Å². The van der Waals surface area contributed by atoms with Gasteiger partial charge in [-0.1, -0.05) is 43.5 Å². The third-order valence-corrected chi connectivity index (χ3v) is 3.38. The van der Waals surface area contributed by atoms with Crippen LogP contribution in [0.5, 0.6) is 5.75 Å². The van der Waals surface area contributed by atoms with E-state index in [0.717, 1.165) is 24.9 Å². The van der Waals surface area contributed by atoms with Crippen LogP contribution >= 0.6 is 23.2 Å². The number of ether oxygens (including phenoxy) is 1. The molecule has 1 atom stereocenters. The molecule has 1 N–H and O–H groups in total. The van der Waals surface area contributed by atoms with Gasteiger partial charge in [0.1, 0.15) is 5.75 Å². The fourth-order valence-corrected chi connectivity index (χ4v) is 2.49. The molecule has 0 aliphatic heterocycles. The Kier molecular flexibility index (Phi) is 6.83. The fraction of sp³-hybridized carbons (Fsp3) is 0.571. The smallest absolute Gasteiger partial charge is 0.139 e. The van der Waals surface area contributed by atoms with Gasteiger partial charge in [-0.25, -0.2) is 0 Å². The Balaban J connectivity index is 3.03. The average molecular weight is 290 g/mol. The maximum atomic E-state index is 6.32. The third kappa shape index (κ3) is 4.04. The van der Waals surface area contributed by atoms with E-state index in [0.29, 0.717) is 22.4 Å². The van der Waals surface area contributed by atoms with Crippen molar-refractivity contribution >= 4 is 23.2 Å². The lowest BCUT2D eigenvalue weighted by molar-refractivity contribution is 0.340. The molecule has 0 saturated carbocycles. The normalized spacial score (nSPS) is 12.5. The van der Waals surface area contributed by atoms with Crippen LogP contribution in [0.4, 0.5) is 0 Å². The molecule has 1 aromatic carbocycles. The quantitative estimate of drug-likeness (QED) is 0.775. The second kappa shape index (κ2) is 7.88. The average Bonchev–Trinajstić information content (AvgIpc) is 2.33. The van der Waals surface area contributed by atoms with Crippen LogP contribution in [0, 0.1) is 0 Å². The molecule has 0 saturated heterocycles. The summed E-state index contributed by atoms with van der Waals surface area (Å²) in [4.78, 5) is 0. The Morgan fingerprint density at radius 1 is 1.17 bits per heavy atom. The summed E-state index contributed by atoms with van der Waals surface area (Å²) < 4.78 is 5.44. The van der Waals surface area contributed by atoms with Crippen molar-refractivity contribution in [2.75, 3.05) is 13.2 Å². The van der Waals surface area contributed by atoms with E-state index in [1.54, 1.807) is 0 Å². The van der Waals surface area contributed by atoms with Gasteiger partial charge in [0.05, 0.1) is 11.6 Å². The highest BCUT2D eigenvalue weighted by atomic mass is 35.5. The Bertz CT molecular complexity index is 376. The molecule has 0 amide bonds. The van der Waals surface area contributed by atoms with E-state index in [9.17, 15) is 0 Å². The molecule has 18 heavy (non-hydrogen) atoms. The summed E-state index contributed by atoms with van der Waals surface area (Å²) in [7, 11) is 0. The zero-order chi connectivity index (χ0) is 13.5. The summed E-state index contributed by atoms with van der Waals surface area (Å²) in [5.41, 5.74) is 1.05. The van der Waals surface area contributed by atoms with Crippen molar-refractivity contribution in [3.05, 3.63) is 27.7 Å². The van der Waals surface area contributed by atoms with Crippen LogP contribution in [0.3, 0.4) is 0 Å². The van der Waals surface area contributed by atoms with E-state index in [-0.39, 0.29) is 6.04 Å². The van der Waals surface area contributed by atoms with Gasteiger partial charge >= 0.3 is 0 Å². The van der Waals surface area contributed by atoms with E-state index < -0.39 is 0 Å². The van der Waals surface area contributed by atoms with E-state index in [4.69, 9.17) is 27.9 Å². The van der Waals surface area contributed by atoms with Crippen LogP contribution in [0.25, 0.3) is 0 Å². The highest BCUT2D eigenvalue weighted by Gasteiger charge is 2.16. The molecule has 0 aromatic heterocycles. The van der Waals surface area contributed by atoms with E-state index in [1.165, 1.54) is 0 Å². The van der Waals surface area contributed by atoms with Gasteiger partial charge < -0.3 is 10.1 Å². The maximum absolute atomic E-state index is 6.32. The second-order valence-electron chi connectivity index (χ2n) is 4.14. The zero-order valence-corrected chi connectivity index (χ0v) is 12.7. The van der Waals surface area contributed by atoms with Crippen molar-refractivity contribution in [2.45, 2.75) is 39.7 Å². The molecule has 2 nitrogen and oxygen atoms in total. The Labute approximate surface area is 120 Å². The highest BCUT2D eigenvalue weighted by molar-refractivity contribution is 6.34. The Morgan fingerprint density at radius 3 is 2.44 bits per heavy atom. The molecule has 0 aliphatic rings. The van der Waals surface area contributed by atoms with Crippen molar-refractivity contribution in [1.29, 1.82) is 0 Å². The second-order valence-corrected chi connectivity index (χ2v) is 4.95. The van der Waals surface area contributed by atoms with Gasteiger partial charge in [-0.05, 0) is 31.5 Å². The van der Waals surface area contributed by atoms with Crippen LogP contribution in [0.1, 0.15) is 45.2 Å². The SMILES string of the molecule is CCCC(NCC)c1cc(Cl)c(OCC)cc1Cl. The third-order valence-electron chi connectivity index (χ3n) is 2.75. The topological polar surface area (TPSA) is 21.3 Å². The molecule has 0 heterocycles. The van der Waals surface area contributed by atoms with Crippen molar-refractivity contribution in [3.8, 4) is 5.75 Å². The van der Waals surface area contributed by atoms with Crippen LogP contribution in [-0.4, -0.2) is 13.2 Å². The molecule has 1 rings (SSSR count). The summed E-state index contributed by atoms with van der Waals surface area (Å²) in [5.74, 6) is 0.652. The number of hydrogen-bond acceptors (Lipinski definition) is 2. The standard InChI is InChI=1S/C14H21Cl2NO/c1-4-7-13(17-5-2)10-8-12(16)14(18-6-3)9-11(10)15/h8-9,13,17H,4-7H2,1-3H3. The van der Waals surface area contributed by atoms with Crippen LogP contribution < -0.4 is 10.1 Å². The molecule has 1 unspecified atom stereocenters. The van der Waals surface area contributed by atoms with Crippen LogP contribution in [-0.2, 0) is 0 Å². The molecule has 0 aliphatic carbocycles. The molecule has 4 heteroatoms. The first-order valence-electron chi connectivity index (χ1n) is 6.49. The van der Waals surface area contributed by atoms with E-state index in [2.05, 4.69) is 19.2 Å². The number of nitrogens with one attached hydrogen (secondary N) is 1. The molecule has 1 aromatic rings. The van der Waals surface area contributed by atoms with Crippen molar-refractivity contribution < 1.29 is 4.74 Å². The molecular weight excluding hydrogens is 269 g/mol. The van der Waals surface area contributed by atoms with E-state index in [1.807, 2.05) is 19.1 Å². The fourth-order valence-electron chi connectivity index (χ4n) is 1.98. The molecule has 0 radical (unpaired) electrons. The van der Waals surface area contributed by atoms with Crippen molar-refractivity contribution in [2.24, 2.45) is 0 Å². The molecule has 0 bridgehead atoms. The van der Waals surface area contributed by atoms with Crippen molar-refractivity contribution in [1.82, 2.24) is 5.32 Å². The first-order chi connectivity index (χ1) is 8.63. The lowest BCUT2D eigenvalue weighted by Gasteiger charge is -2.20. The van der Waals surface area contributed by atoms with Gasteiger partial charge in [-0.15, -0.1) is 0 Å². The predicted molar refractivity (Wildman–Crippen MR) is 79.0 cm³/mol. The molecule has 102 valence electrons. The minimum absolute atomic E-state index is 0.251. The lowest BCUT2D eigenvalue weighted by Crippen LogP contribution is -2.21. The van der Waals surface area contributed by atoms with Crippen LogP contribution in [0.2, 0.25) is 10.0 Å². The summed E-state index contributed by atoms with van der Waals surface area (Å²) in [6.45, 7) is 7.67. The first kappa shape index (κ1) is 15.6. The minimum atomic E-state index is 0.251. The Morgan fingerprint density at radius 2 is 1.89 bits per heavy atom. The van der Waals surface area contributed by atoms with Gasteiger partial charge in [0.15, 0.2) is 0 Å². The van der Waals surface area contributed by atoms with Gasteiger partial charge in [-0.2, -0.15) is 0 Å². The Hall–Kier alpha value is -0.440. The van der Waals surface area contributed by atoms with Gasteiger partial charge in [0, 0.05) is 17.1 Å². The summed E-state index contributed by atoms with van der Waals surface area (Å²) >= 11 is 12.5. The summed E-state index contributed by atoms with van der Waals surface area (Å²) in [6.07, 6.45) is 2.14.